The van der Waals surface area contributed by atoms with E-state index in [1.54, 1.807) is 6.07 Å². The van der Waals surface area contributed by atoms with E-state index in [0.29, 0.717) is 11.8 Å². The van der Waals surface area contributed by atoms with Crippen LogP contribution in [0.15, 0.2) is 18.3 Å². The van der Waals surface area contributed by atoms with Crippen LogP contribution in [0.4, 0.5) is 10.1 Å². The van der Waals surface area contributed by atoms with Gasteiger partial charge in [-0.15, -0.1) is 0 Å². The fraction of sp³-hybridized carbons (Fsp3) is 0.615. The molecule has 0 amide bonds. The number of halogens is 1. The maximum absolute atomic E-state index is 12.9. The van der Waals surface area contributed by atoms with E-state index in [1.807, 2.05) is 0 Å². The van der Waals surface area contributed by atoms with Crippen LogP contribution in [-0.2, 0) is 0 Å². The number of aliphatic hydroxyl groups is 1. The first kappa shape index (κ1) is 12.3. The lowest BCUT2D eigenvalue weighted by Crippen LogP contribution is -2.28. The molecule has 0 bridgehead atoms. The van der Waals surface area contributed by atoms with Gasteiger partial charge in [0.15, 0.2) is 0 Å². The van der Waals surface area contributed by atoms with Crippen LogP contribution in [0.3, 0.4) is 0 Å². The van der Waals surface area contributed by atoms with Crippen molar-refractivity contribution in [3.05, 3.63) is 24.3 Å². The quantitative estimate of drug-likeness (QED) is 0.792. The summed E-state index contributed by atoms with van der Waals surface area (Å²) in [6.07, 6.45) is 6.15. The van der Waals surface area contributed by atoms with Gasteiger partial charge < -0.3 is 10.4 Å². The predicted molar refractivity (Wildman–Crippen MR) is 65.2 cm³/mol. The van der Waals surface area contributed by atoms with Crippen molar-refractivity contribution in [2.75, 3.05) is 18.5 Å². The number of hydrogen-bond donors (Lipinski definition) is 2. The van der Waals surface area contributed by atoms with Gasteiger partial charge in [-0.2, -0.15) is 4.39 Å². The average Bonchev–Trinajstić information content (AvgIpc) is 2.37. The van der Waals surface area contributed by atoms with E-state index >= 15 is 0 Å². The molecule has 1 aromatic heterocycles. The molecule has 0 saturated heterocycles. The van der Waals surface area contributed by atoms with Crippen molar-refractivity contribution >= 4 is 5.69 Å². The molecule has 0 spiro atoms. The third-order valence-electron chi connectivity index (χ3n) is 3.60. The van der Waals surface area contributed by atoms with Crippen LogP contribution in [0.5, 0.6) is 0 Å². The molecule has 2 atom stereocenters. The summed E-state index contributed by atoms with van der Waals surface area (Å²) in [6.45, 7) is 1.06. The molecule has 4 heteroatoms. The van der Waals surface area contributed by atoms with Crippen molar-refractivity contribution in [3.63, 3.8) is 0 Å². The van der Waals surface area contributed by atoms with Gasteiger partial charge in [0.05, 0.1) is 0 Å². The zero-order valence-electron chi connectivity index (χ0n) is 9.90. The SMILES string of the molecule is OCC1CCCCC1CNc1ccnc(F)c1. The van der Waals surface area contributed by atoms with Gasteiger partial charge in [-0.3, -0.25) is 0 Å². The molecule has 1 fully saturated rings. The minimum atomic E-state index is -0.461. The predicted octanol–water partition coefficient (Wildman–Crippen LogP) is 2.43. The summed E-state index contributed by atoms with van der Waals surface area (Å²) in [7, 11) is 0. The van der Waals surface area contributed by atoms with Gasteiger partial charge >= 0.3 is 0 Å². The molecule has 0 aliphatic heterocycles. The van der Waals surface area contributed by atoms with E-state index < -0.39 is 5.95 Å². The molecule has 2 unspecified atom stereocenters. The van der Waals surface area contributed by atoms with Crippen LogP contribution in [0.2, 0.25) is 0 Å². The van der Waals surface area contributed by atoms with Crippen molar-refractivity contribution in [1.82, 2.24) is 4.98 Å². The van der Waals surface area contributed by atoms with Gasteiger partial charge in [0.1, 0.15) is 0 Å². The first-order valence-electron chi connectivity index (χ1n) is 6.26. The Hall–Kier alpha value is -1.16. The van der Waals surface area contributed by atoms with E-state index in [4.69, 9.17) is 0 Å². The second-order valence-corrected chi connectivity index (χ2v) is 4.74. The molecule has 0 radical (unpaired) electrons. The van der Waals surface area contributed by atoms with E-state index in [1.165, 1.54) is 25.1 Å². The number of pyridine rings is 1. The van der Waals surface area contributed by atoms with E-state index in [0.717, 1.165) is 25.1 Å². The highest BCUT2D eigenvalue weighted by atomic mass is 19.1. The van der Waals surface area contributed by atoms with Gasteiger partial charge in [-0.05, 0) is 30.7 Å². The number of anilines is 1. The maximum atomic E-state index is 12.9. The monoisotopic (exact) mass is 238 g/mol. The lowest BCUT2D eigenvalue weighted by Gasteiger charge is -2.30. The topological polar surface area (TPSA) is 45.1 Å². The molecule has 1 aromatic rings. The van der Waals surface area contributed by atoms with Crippen molar-refractivity contribution in [3.8, 4) is 0 Å². The van der Waals surface area contributed by atoms with Crippen LogP contribution in [0.25, 0.3) is 0 Å². The number of aromatic nitrogens is 1. The molecule has 3 nitrogen and oxygen atoms in total. The molecule has 2 rings (SSSR count). The van der Waals surface area contributed by atoms with Crippen LogP contribution in [-0.4, -0.2) is 23.2 Å². The first-order chi connectivity index (χ1) is 8.29. The summed E-state index contributed by atoms with van der Waals surface area (Å²) in [5.74, 6) is 0.422. The van der Waals surface area contributed by atoms with Crippen molar-refractivity contribution in [1.29, 1.82) is 0 Å². The number of rotatable bonds is 4. The Balaban J connectivity index is 1.88. The Morgan fingerprint density at radius 1 is 1.35 bits per heavy atom. The molecule has 0 aromatic carbocycles. The summed E-state index contributed by atoms with van der Waals surface area (Å²) in [5.41, 5.74) is 0.764. The van der Waals surface area contributed by atoms with Gasteiger partial charge in [0, 0.05) is 31.1 Å². The molecule has 1 aliphatic rings. The Bertz CT molecular complexity index is 359. The number of aliphatic hydroxyl groups excluding tert-OH is 1. The largest absolute Gasteiger partial charge is 0.396 e. The molecule has 1 aliphatic carbocycles. The summed E-state index contributed by atoms with van der Waals surface area (Å²) < 4.78 is 12.9. The number of hydrogen-bond acceptors (Lipinski definition) is 3. The van der Waals surface area contributed by atoms with E-state index in [2.05, 4.69) is 10.3 Å². The highest BCUT2D eigenvalue weighted by molar-refractivity contribution is 5.41. The molecule has 2 N–H and O–H groups in total. The molecule has 17 heavy (non-hydrogen) atoms. The van der Waals surface area contributed by atoms with Crippen LogP contribution >= 0.6 is 0 Å². The minimum absolute atomic E-state index is 0.261. The fourth-order valence-corrected chi connectivity index (χ4v) is 2.55. The molecular weight excluding hydrogens is 219 g/mol. The Kier molecular flexibility index (Phi) is 4.31. The van der Waals surface area contributed by atoms with Gasteiger partial charge in [0.25, 0.3) is 0 Å². The second-order valence-electron chi connectivity index (χ2n) is 4.74. The summed E-state index contributed by atoms with van der Waals surface area (Å²) in [4.78, 5) is 3.52. The van der Waals surface area contributed by atoms with Crippen LogP contribution < -0.4 is 5.32 Å². The minimum Gasteiger partial charge on any atom is -0.396 e. The number of nitrogens with one attached hydrogen (secondary N) is 1. The maximum Gasteiger partial charge on any atom is 0.214 e. The van der Waals surface area contributed by atoms with E-state index in [-0.39, 0.29) is 6.61 Å². The molecule has 1 heterocycles. The van der Waals surface area contributed by atoms with Crippen LogP contribution in [0.1, 0.15) is 25.7 Å². The zero-order chi connectivity index (χ0) is 12.1. The molecular formula is C13H19FN2O. The van der Waals surface area contributed by atoms with E-state index in [9.17, 15) is 9.50 Å². The standard InChI is InChI=1S/C13H19FN2O/c14-13-7-12(5-6-15-13)16-8-10-3-1-2-4-11(10)9-17/h5-7,10-11,17H,1-4,8-9H2,(H,15,16). The Morgan fingerprint density at radius 2 is 2.12 bits per heavy atom. The molecule has 94 valence electrons. The highest BCUT2D eigenvalue weighted by Crippen LogP contribution is 2.29. The average molecular weight is 238 g/mol. The lowest BCUT2D eigenvalue weighted by molar-refractivity contribution is 0.141. The Morgan fingerprint density at radius 3 is 2.82 bits per heavy atom. The fourth-order valence-electron chi connectivity index (χ4n) is 2.55. The van der Waals surface area contributed by atoms with Gasteiger partial charge in [-0.25, -0.2) is 4.98 Å². The van der Waals surface area contributed by atoms with Gasteiger partial charge in [0.2, 0.25) is 5.95 Å². The molecule has 1 saturated carbocycles. The zero-order valence-corrected chi connectivity index (χ0v) is 9.90. The second kappa shape index (κ2) is 5.96. The van der Waals surface area contributed by atoms with Gasteiger partial charge in [-0.1, -0.05) is 12.8 Å². The smallest absolute Gasteiger partial charge is 0.214 e. The lowest BCUT2D eigenvalue weighted by atomic mass is 9.79. The number of nitrogens with zero attached hydrogens (tertiary/aromatic N) is 1. The summed E-state index contributed by atoms with van der Waals surface area (Å²) in [5, 5.41) is 12.5. The van der Waals surface area contributed by atoms with Crippen molar-refractivity contribution in [2.24, 2.45) is 11.8 Å². The first-order valence-corrected chi connectivity index (χ1v) is 6.26. The van der Waals surface area contributed by atoms with Crippen molar-refractivity contribution in [2.45, 2.75) is 25.7 Å². The third-order valence-corrected chi connectivity index (χ3v) is 3.60. The normalized spacial score (nSPS) is 24.6. The summed E-state index contributed by atoms with van der Waals surface area (Å²) in [6, 6.07) is 3.16. The van der Waals surface area contributed by atoms with Crippen LogP contribution in [0, 0.1) is 17.8 Å². The third kappa shape index (κ3) is 3.40. The van der Waals surface area contributed by atoms with Crippen molar-refractivity contribution < 1.29 is 9.50 Å². The summed E-state index contributed by atoms with van der Waals surface area (Å²) >= 11 is 0. The highest BCUT2D eigenvalue weighted by Gasteiger charge is 2.23. The Labute approximate surface area is 101 Å².